The van der Waals surface area contributed by atoms with Crippen molar-refractivity contribution in [2.24, 2.45) is 16.7 Å². The molecule has 5 rings (SSSR count). The Morgan fingerprint density at radius 2 is 1.47 bits per heavy atom. The normalized spacial score (nSPS) is 36.0. The van der Waals surface area contributed by atoms with E-state index < -0.39 is 94.1 Å². The number of ether oxygens (including phenoxy) is 6. The first kappa shape index (κ1) is 36.5. The Kier molecular flexibility index (Phi) is 9.31. The van der Waals surface area contributed by atoms with Crippen LogP contribution in [0, 0.1) is 16.7 Å². The second-order valence-electron chi connectivity index (χ2n) is 14.1. The molecule has 2 saturated carbocycles. The van der Waals surface area contributed by atoms with E-state index in [2.05, 4.69) is 0 Å². The number of hydrogen-bond acceptors (Lipinski definition) is 13. The summed E-state index contributed by atoms with van der Waals surface area (Å²) in [5.74, 6) is -6.19. The number of hydrogen-bond donors (Lipinski definition) is 1. The lowest BCUT2D eigenvalue weighted by atomic mass is 9.44. The summed E-state index contributed by atoms with van der Waals surface area (Å²) in [6.45, 7) is 10.6. The van der Waals surface area contributed by atoms with E-state index in [0.717, 1.165) is 13.8 Å². The van der Waals surface area contributed by atoms with Gasteiger partial charge < -0.3 is 33.5 Å². The van der Waals surface area contributed by atoms with Crippen LogP contribution in [-0.2, 0) is 52.4 Å². The molecular weight excluding hydrogens is 664 g/mol. The number of carbonyl (C=O) groups excluding carboxylic acids is 6. The molecular formula is C35H41ClO13. The number of halogens is 1. The Hall–Kier alpha value is -3.81. The van der Waals surface area contributed by atoms with Crippen LogP contribution in [0.3, 0.4) is 0 Å². The van der Waals surface area contributed by atoms with E-state index in [9.17, 15) is 29.1 Å². The summed E-state index contributed by atoms with van der Waals surface area (Å²) in [4.78, 5) is 80.0. The summed E-state index contributed by atoms with van der Waals surface area (Å²) < 4.78 is 35.5. The third kappa shape index (κ3) is 5.73. The first-order valence-corrected chi connectivity index (χ1v) is 16.4. The van der Waals surface area contributed by atoms with Crippen molar-refractivity contribution in [1.82, 2.24) is 0 Å². The summed E-state index contributed by atoms with van der Waals surface area (Å²) in [6.07, 6.45) is -7.30. The molecule has 1 aliphatic heterocycles. The van der Waals surface area contributed by atoms with Gasteiger partial charge in [-0.05, 0) is 49.3 Å². The highest BCUT2D eigenvalue weighted by molar-refractivity contribution is 6.30. The van der Waals surface area contributed by atoms with Gasteiger partial charge in [-0.1, -0.05) is 25.4 Å². The molecule has 9 atom stereocenters. The van der Waals surface area contributed by atoms with Crippen LogP contribution in [0.15, 0.2) is 35.4 Å². The fourth-order valence-corrected chi connectivity index (χ4v) is 8.71. The van der Waals surface area contributed by atoms with Gasteiger partial charge in [0.1, 0.15) is 30.0 Å². The van der Waals surface area contributed by atoms with Crippen LogP contribution in [0.2, 0.25) is 5.02 Å². The third-order valence-electron chi connectivity index (χ3n) is 10.8. The maximum Gasteiger partial charge on any atom is 0.338 e. The molecule has 0 aromatic heterocycles. The van der Waals surface area contributed by atoms with Gasteiger partial charge in [-0.15, -0.1) is 0 Å². The second-order valence-corrected chi connectivity index (χ2v) is 14.5. The van der Waals surface area contributed by atoms with E-state index >= 15 is 4.79 Å². The smallest absolute Gasteiger partial charge is 0.338 e. The first-order chi connectivity index (χ1) is 22.7. The van der Waals surface area contributed by atoms with Crippen molar-refractivity contribution < 1.29 is 62.3 Å². The van der Waals surface area contributed by atoms with Crippen molar-refractivity contribution in [1.29, 1.82) is 0 Å². The maximum absolute atomic E-state index is 15.4. The van der Waals surface area contributed by atoms with Crippen LogP contribution in [-0.4, -0.2) is 89.1 Å². The number of benzene rings is 1. The Morgan fingerprint density at radius 3 is 1.98 bits per heavy atom. The Bertz CT molecular complexity index is 1630. The number of rotatable bonds is 6. The number of ketones is 1. The lowest BCUT2D eigenvalue weighted by molar-refractivity contribution is -0.346. The molecule has 0 spiro atoms. The summed E-state index contributed by atoms with van der Waals surface area (Å²) in [7, 11) is 0. The van der Waals surface area contributed by atoms with Crippen LogP contribution < -0.4 is 0 Å². The predicted octanol–water partition coefficient (Wildman–Crippen LogP) is 3.45. The lowest BCUT2D eigenvalue weighted by Crippen LogP contribution is -2.82. The fraction of sp³-hybridized carbons (Fsp3) is 0.600. The highest BCUT2D eigenvalue weighted by Gasteiger charge is 2.79. The minimum atomic E-state index is -2.22. The Morgan fingerprint density at radius 1 is 0.878 bits per heavy atom. The summed E-state index contributed by atoms with van der Waals surface area (Å²) in [6, 6.07) is 5.78. The van der Waals surface area contributed by atoms with Crippen LogP contribution in [0.4, 0.5) is 0 Å². The van der Waals surface area contributed by atoms with Gasteiger partial charge in [-0.3, -0.25) is 24.0 Å². The molecule has 49 heavy (non-hydrogen) atoms. The molecule has 1 aromatic rings. The molecule has 266 valence electrons. The molecule has 0 amide bonds. The first-order valence-electron chi connectivity index (χ1n) is 16.0. The van der Waals surface area contributed by atoms with E-state index in [1.165, 1.54) is 45.0 Å². The van der Waals surface area contributed by atoms with Crippen LogP contribution in [0.25, 0.3) is 0 Å². The minimum absolute atomic E-state index is 0.0493. The van der Waals surface area contributed by atoms with Gasteiger partial charge in [-0.25, -0.2) is 4.79 Å². The van der Waals surface area contributed by atoms with Gasteiger partial charge in [0.05, 0.1) is 23.5 Å². The molecule has 1 aromatic carbocycles. The molecule has 1 N–H and O–H groups in total. The largest absolute Gasteiger partial charge is 0.461 e. The van der Waals surface area contributed by atoms with E-state index in [1.807, 2.05) is 0 Å². The molecule has 3 fully saturated rings. The summed E-state index contributed by atoms with van der Waals surface area (Å²) >= 11 is 6.07. The molecule has 2 bridgehead atoms. The van der Waals surface area contributed by atoms with Crippen molar-refractivity contribution in [3.63, 3.8) is 0 Å². The number of carbonyl (C=O) groups is 6. The Balaban J connectivity index is 1.89. The average molecular weight is 705 g/mol. The summed E-state index contributed by atoms with van der Waals surface area (Å²) in [5, 5.41) is 13.7. The second kappa shape index (κ2) is 12.5. The van der Waals surface area contributed by atoms with Crippen LogP contribution in [0.1, 0.15) is 78.6 Å². The quantitative estimate of drug-likeness (QED) is 0.259. The molecule has 1 heterocycles. The number of aliphatic hydroxyl groups is 1. The van der Waals surface area contributed by atoms with Crippen molar-refractivity contribution in [2.45, 2.75) is 110 Å². The number of Topliss-reactive ketones (excluding diaryl/α,β-unsaturated/α-hetero) is 1. The molecule has 4 aliphatic rings. The van der Waals surface area contributed by atoms with Crippen LogP contribution >= 0.6 is 11.6 Å². The fourth-order valence-electron chi connectivity index (χ4n) is 8.58. The zero-order valence-electron chi connectivity index (χ0n) is 28.6. The van der Waals surface area contributed by atoms with Crippen molar-refractivity contribution in [3.05, 3.63) is 46.0 Å². The standard InChI is InChI=1S/C35H41ClO13/c1-16-23(45-17(2)37)14-35(43)30(48-31(42)21-9-11-22(36)12-10-21)28-33(8,29(41)27(47-19(4)39)26(16)32(35,6)7)24(46-18(3)38)13-25-34(28,15-44-25)49-20(5)40/h9-12,23-25,27-28,30,43H,13-15H2,1-8H3/t23-,24-,25+,27+,28-,30-,33+,34-,35+/m0/s1. The number of fused-ring (bicyclic) bond motifs is 5. The van der Waals surface area contributed by atoms with E-state index in [4.69, 9.17) is 40.0 Å². The van der Waals surface area contributed by atoms with E-state index in [-0.39, 0.29) is 30.6 Å². The monoisotopic (exact) mass is 704 g/mol. The zero-order chi connectivity index (χ0) is 36.4. The lowest BCUT2D eigenvalue weighted by Gasteiger charge is -2.67. The highest BCUT2D eigenvalue weighted by atomic mass is 35.5. The van der Waals surface area contributed by atoms with E-state index in [0.29, 0.717) is 10.6 Å². The zero-order valence-corrected chi connectivity index (χ0v) is 29.4. The average Bonchev–Trinajstić information content (AvgIpc) is 2.97. The van der Waals surface area contributed by atoms with Crippen molar-refractivity contribution >= 4 is 47.2 Å². The van der Waals surface area contributed by atoms with Gasteiger partial charge in [-0.2, -0.15) is 0 Å². The van der Waals surface area contributed by atoms with Gasteiger partial charge in [0.25, 0.3) is 0 Å². The minimum Gasteiger partial charge on any atom is -0.461 e. The van der Waals surface area contributed by atoms with Gasteiger partial charge >= 0.3 is 29.8 Å². The molecule has 0 unspecified atom stereocenters. The van der Waals surface area contributed by atoms with E-state index in [1.54, 1.807) is 20.8 Å². The van der Waals surface area contributed by atoms with Crippen molar-refractivity contribution in [3.8, 4) is 0 Å². The molecule has 0 radical (unpaired) electrons. The van der Waals surface area contributed by atoms with Gasteiger partial charge in [0.2, 0.25) is 0 Å². The maximum atomic E-state index is 15.4. The molecule has 3 aliphatic carbocycles. The Labute approximate surface area is 288 Å². The number of esters is 5. The predicted molar refractivity (Wildman–Crippen MR) is 169 cm³/mol. The highest BCUT2D eigenvalue weighted by Crippen LogP contribution is 2.65. The third-order valence-corrected chi connectivity index (χ3v) is 11.1. The molecule has 14 heteroatoms. The summed E-state index contributed by atoms with van der Waals surface area (Å²) in [5.41, 5.74) is -6.90. The van der Waals surface area contributed by atoms with Crippen molar-refractivity contribution in [2.75, 3.05) is 6.61 Å². The SMILES string of the molecule is CC(=O)O[C@H]1C(=O)[C@]2(C)[C@@H](OC(C)=O)C[C@H]3OC[C@@]3(OC(C)=O)[C@H]2[C@H](OC(=O)c2ccc(Cl)cc2)[C@]2(O)C[C@H](OC(C)=O)C(C)=C1C2(C)C. The van der Waals surface area contributed by atoms with Gasteiger partial charge in [0, 0.05) is 51.0 Å². The molecule has 13 nitrogen and oxygen atoms in total. The van der Waals surface area contributed by atoms with Crippen LogP contribution in [0.5, 0.6) is 0 Å². The molecule has 1 saturated heterocycles. The topological polar surface area (TPSA) is 178 Å². The van der Waals surface area contributed by atoms with Gasteiger partial charge in [0.15, 0.2) is 17.5 Å².